The minimum Gasteiger partial charge on any atom is -0.312 e. The van der Waals surface area contributed by atoms with Gasteiger partial charge in [0.25, 0.3) is 0 Å². The lowest BCUT2D eigenvalue weighted by molar-refractivity contribution is 0.131. The number of likely N-dealkylation sites (N-methyl/N-ethyl adjacent to an activating group) is 1. The highest BCUT2D eigenvalue weighted by Crippen LogP contribution is 2.19. The molecule has 0 aliphatic heterocycles. The molecule has 86 valence electrons. The average molecular weight is 200 g/mol. The Labute approximate surface area is 90.1 Å². The van der Waals surface area contributed by atoms with Crippen LogP contribution in [0.4, 0.5) is 0 Å². The van der Waals surface area contributed by atoms with E-state index in [1.165, 1.54) is 19.3 Å². The smallest absolute Gasteiger partial charge is 0.0300 e. The van der Waals surface area contributed by atoms with E-state index in [0.717, 1.165) is 6.54 Å². The first kappa shape index (κ1) is 13.9. The molecular formula is C12H28N2. The van der Waals surface area contributed by atoms with E-state index in [1.807, 2.05) is 0 Å². The van der Waals surface area contributed by atoms with Crippen LogP contribution in [0, 0.1) is 0 Å². The van der Waals surface area contributed by atoms with Crippen LogP contribution < -0.4 is 5.32 Å². The molecule has 1 unspecified atom stereocenters. The summed E-state index contributed by atoms with van der Waals surface area (Å²) in [5, 5.41) is 3.65. The third-order valence-corrected chi connectivity index (χ3v) is 3.22. The zero-order valence-corrected chi connectivity index (χ0v) is 10.9. The van der Waals surface area contributed by atoms with Crippen LogP contribution in [-0.2, 0) is 0 Å². The van der Waals surface area contributed by atoms with Crippen molar-refractivity contribution in [3.63, 3.8) is 0 Å². The van der Waals surface area contributed by atoms with E-state index in [4.69, 9.17) is 0 Å². The van der Waals surface area contributed by atoms with Gasteiger partial charge >= 0.3 is 0 Å². The molecule has 0 saturated heterocycles. The molecule has 0 aromatic rings. The molecule has 0 bridgehead atoms. The quantitative estimate of drug-likeness (QED) is 0.679. The summed E-state index contributed by atoms with van der Waals surface area (Å²) in [6.07, 6.45) is 3.72. The number of rotatable bonds is 7. The van der Waals surface area contributed by atoms with Gasteiger partial charge in [-0.05, 0) is 47.3 Å². The van der Waals surface area contributed by atoms with Gasteiger partial charge in [0.1, 0.15) is 0 Å². The van der Waals surface area contributed by atoms with Crippen molar-refractivity contribution < 1.29 is 0 Å². The SMILES string of the molecule is CCCNC(CCC)C(C)(C)N(C)C. The van der Waals surface area contributed by atoms with Gasteiger partial charge in [-0.3, -0.25) is 0 Å². The molecule has 0 radical (unpaired) electrons. The summed E-state index contributed by atoms with van der Waals surface area (Å²) in [6.45, 7) is 10.2. The topological polar surface area (TPSA) is 15.3 Å². The van der Waals surface area contributed by atoms with Crippen LogP contribution in [0.1, 0.15) is 47.0 Å². The molecule has 1 N–H and O–H groups in total. The molecule has 0 fully saturated rings. The first-order valence-corrected chi connectivity index (χ1v) is 5.87. The largest absolute Gasteiger partial charge is 0.312 e. The van der Waals surface area contributed by atoms with Gasteiger partial charge in [0, 0.05) is 11.6 Å². The highest BCUT2D eigenvalue weighted by molar-refractivity contribution is 4.90. The molecule has 0 amide bonds. The maximum atomic E-state index is 3.65. The third kappa shape index (κ3) is 3.97. The summed E-state index contributed by atoms with van der Waals surface area (Å²) in [5.74, 6) is 0. The van der Waals surface area contributed by atoms with Crippen molar-refractivity contribution in [3.05, 3.63) is 0 Å². The van der Waals surface area contributed by atoms with Crippen molar-refractivity contribution in [2.45, 2.75) is 58.5 Å². The number of nitrogens with zero attached hydrogens (tertiary/aromatic N) is 1. The van der Waals surface area contributed by atoms with Crippen LogP contribution in [0.15, 0.2) is 0 Å². The van der Waals surface area contributed by atoms with Crippen LogP contribution in [0.5, 0.6) is 0 Å². The lowest BCUT2D eigenvalue weighted by Gasteiger charge is -2.40. The third-order valence-electron chi connectivity index (χ3n) is 3.22. The summed E-state index contributed by atoms with van der Waals surface area (Å²) in [6, 6.07) is 0.599. The fourth-order valence-electron chi connectivity index (χ4n) is 1.62. The van der Waals surface area contributed by atoms with Crippen molar-refractivity contribution in [1.82, 2.24) is 10.2 Å². The lowest BCUT2D eigenvalue weighted by Crippen LogP contribution is -2.55. The van der Waals surface area contributed by atoms with E-state index >= 15 is 0 Å². The summed E-state index contributed by atoms with van der Waals surface area (Å²) >= 11 is 0. The predicted molar refractivity (Wildman–Crippen MR) is 64.8 cm³/mol. The van der Waals surface area contributed by atoms with Crippen LogP contribution in [0.25, 0.3) is 0 Å². The lowest BCUT2D eigenvalue weighted by atomic mass is 9.89. The van der Waals surface area contributed by atoms with Crippen molar-refractivity contribution >= 4 is 0 Å². The van der Waals surface area contributed by atoms with Gasteiger partial charge in [0.05, 0.1) is 0 Å². The second-order valence-electron chi connectivity index (χ2n) is 4.84. The Morgan fingerprint density at radius 3 is 2.07 bits per heavy atom. The van der Waals surface area contributed by atoms with Crippen molar-refractivity contribution in [3.8, 4) is 0 Å². The molecule has 0 aliphatic rings. The van der Waals surface area contributed by atoms with Crippen molar-refractivity contribution in [2.75, 3.05) is 20.6 Å². The van der Waals surface area contributed by atoms with E-state index in [1.54, 1.807) is 0 Å². The van der Waals surface area contributed by atoms with Gasteiger partial charge in [-0.1, -0.05) is 20.3 Å². The molecule has 0 aliphatic carbocycles. The van der Waals surface area contributed by atoms with Crippen LogP contribution in [-0.4, -0.2) is 37.1 Å². The Balaban J connectivity index is 4.29. The molecule has 0 rings (SSSR count). The molecular weight excluding hydrogens is 172 g/mol. The van der Waals surface area contributed by atoms with Gasteiger partial charge in [0.15, 0.2) is 0 Å². The highest BCUT2D eigenvalue weighted by Gasteiger charge is 2.29. The zero-order valence-electron chi connectivity index (χ0n) is 10.9. The Bertz CT molecular complexity index is 141. The highest BCUT2D eigenvalue weighted by atomic mass is 15.2. The van der Waals surface area contributed by atoms with Crippen LogP contribution >= 0.6 is 0 Å². The normalized spacial score (nSPS) is 14.8. The van der Waals surface area contributed by atoms with E-state index in [2.05, 4.69) is 52.0 Å². The standard InChI is InChI=1S/C12H28N2/c1-7-9-11(13-10-8-2)12(3,4)14(5)6/h11,13H,7-10H2,1-6H3. The van der Waals surface area contributed by atoms with E-state index in [9.17, 15) is 0 Å². The maximum absolute atomic E-state index is 3.65. The Kier molecular flexibility index (Phi) is 6.38. The Hall–Kier alpha value is -0.0800. The Morgan fingerprint density at radius 2 is 1.71 bits per heavy atom. The first-order chi connectivity index (χ1) is 6.46. The maximum Gasteiger partial charge on any atom is 0.0300 e. The number of hydrogen-bond acceptors (Lipinski definition) is 2. The Morgan fingerprint density at radius 1 is 1.14 bits per heavy atom. The summed E-state index contributed by atoms with van der Waals surface area (Å²) in [4.78, 5) is 2.32. The van der Waals surface area contributed by atoms with Gasteiger partial charge in [-0.2, -0.15) is 0 Å². The van der Waals surface area contributed by atoms with E-state index in [-0.39, 0.29) is 5.54 Å². The van der Waals surface area contributed by atoms with Crippen molar-refractivity contribution in [1.29, 1.82) is 0 Å². The summed E-state index contributed by atoms with van der Waals surface area (Å²) in [5.41, 5.74) is 0.241. The number of hydrogen-bond donors (Lipinski definition) is 1. The van der Waals surface area contributed by atoms with E-state index < -0.39 is 0 Å². The van der Waals surface area contributed by atoms with Gasteiger partial charge in [0.2, 0.25) is 0 Å². The molecule has 2 heteroatoms. The number of nitrogens with one attached hydrogen (secondary N) is 1. The molecule has 0 saturated carbocycles. The molecule has 1 atom stereocenters. The second-order valence-corrected chi connectivity index (χ2v) is 4.84. The fourth-order valence-corrected chi connectivity index (χ4v) is 1.62. The molecule has 0 aromatic carbocycles. The molecule has 0 spiro atoms. The van der Waals surface area contributed by atoms with Gasteiger partial charge in [-0.15, -0.1) is 0 Å². The predicted octanol–water partition coefficient (Wildman–Crippen LogP) is 2.49. The van der Waals surface area contributed by atoms with Gasteiger partial charge < -0.3 is 10.2 Å². The molecule has 14 heavy (non-hydrogen) atoms. The molecule has 2 nitrogen and oxygen atoms in total. The van der Waals surface area contributed by atoms with E-state index in [0.29, 0.717) is 6.04 Å². The average Bonchev–Trinajstić information content (AvgIpc) is 2.11. The fraction of sp³-hybridized carbons (Fsp3) is 1.00. The van der Waals surface area contributed by atoms with Crippen LogP contribution in [0.3, 0.4) is 0 Å². The van der Waals surface area contributed by atoms with Crippen molar-refractivity contribution in [2.24, 2.45) is 0 Å². The minimum absolute atomic E-state index is 0.241. The molecule has 0 heterocycles. The van der Waals surface area contributed by atoms with Gasteiger partial charge in [-0.25, -0.2) is 0 Å². The van der Waals surface area contributed by atoms with Crippen LogP contribution in [0.2, 0.25) is 0 Å². The monoisotopic (exact) mass is 200 g/mol. The molecule has 0 aromatic heterocycles. The second kappa shape index (κ2) is 6.41. The summed E-state index contributed by atoms with van der Waals surface area (Å²) < 4.78 is 0. The summed E-state index contributed by atoms with van der Waals surface area (Å²) in [7, 11) is 4.33. The zero-order chi connectivity index (χ0) is 11.2. The first-order valence-electron chi connectivity index (χ1n) is 5.87. The minimum atomic E-state index is 0.241.